The van der Waals surface area contributed by atoms with Crippen molar-refractivity contribution in [3.05, 3.63) is 34.6 Å². The van der Waals surface area contributed by atoms with Crippen LogP contribution in [0.3, 0.4) is 0 Å². The van der Waals surface area contributed by atoms with E-state index >= 15 is 0 Å². The summed E-state index contributed by atoms with van der Waals surface area (Å²) >= 11 is 5.96. The second kappa shape index (κ2) is 5.55. The van der Waals surface area contributed by atoms with Crippen molar-refractivity contribution < 1.29 is 9.50 Å². The van der Waals surface area contributed by atoms with Gasteiger partial charge in [0, 0.05) is 13.1 Å². The highest BCUT2D eigenvalue weighted by Gasteiger charge is 2.25. The molecule has 0 bridgehead atoms. The molecule has 0 aliphatic carbocycles. The average molecular weight is 272 g/mol. The standard InChI is InChI=1S/C14H19ClFNO/c1-14(18)6-3-8-17(9-7-14)10-11-4-2-5-12(16)13(11)15/h2,4-5,18H,3,6-10H2,1H3. The molecule has 1 unspecified atom stereocenters. The minimum Gasteiger partial charge on any atom is -0.390 e. The lowest BCUT2D eigenvalue weighted by Gasteiger charge is -2.22. The van der Waals surface area contributed by atoms with E-state index in [0.29, 0.717) is 6.54 Å². The molecule has 0 saturated carbocycles. The first-order chi connectivity index (χ1) is 8.48. The van der Waals surface area contributed by atoms with E-state index in [9.17, 15) is 9.50 Å². The quantitative estimate of drug-likeness (QED) is 0.893. The van der Waals surface area contributed by atoms with Crippen molar-refractivity contribution in [3.63, 3.8) is 0 Å². The molecular weight excluding hydrogens is 253 g/mol. The fraction of sp³-hybridized carbons (Fsp3) is 0.571. The molecule has 0 aromatic heterocycles. The first-order valence-electron chi connectivity index (χ1n) is 6.35. The fourth-order valence-electron chi connectivity index (χ4n) is 2.39. The molecule has 1 heterocycles. The Kier molecular flexibility index (Phi) is 4.25. The molecule has 1 atom stereocenters. The van der Waals surface area contributed by atoms with Gasteiger partial charge in [-0.3, -0.25) is 4.90 Å². The molecule has 1 aliphatic rings. The number of rotatable bonds is 2. The Morgan fingerprint density at radius 3 is 2.94 bits per heavy atom. The Balaban J connectivity index is 2.03. The SMILES string of the molecule is CC1(O)CCCN(Cc2cccc(F)c2Cl)CC1. The van der Waals surface area contributed by atoms with Crippen molar-refractivity contribution in [3.8, 4) is 0 Å². The molecule has 0 radical (unpaired) electrons. The Morgan fingerprint density at radius 2 is 2.17 bits per heavy atom. The van der Waals surface area contributed by atoms with E-state index in [4.69, 9.17) is 11.6 Å². The van der Waals surface area contributed by atoms with E-state index in [1.165, 1.54) is 6.07 Å². The van der Waals surface area contributed by atoms with Gasteiger partial charge in [-0.1, -0.05) is 23.7 Å². The fourth-order valence-corrected chi connectivity index (χ4v) is 2.57. The van der Waals surface area contributed by atoms with Gasteiger partial charge in [0.1, 0.15) is 5.82 Å². The zero-order valence-corrected chi connectivity index (χ0v) is 11.4. The maximum absolute atomic E-state index is 13.3. The van der Waals surface area contributed by atoms with Crippen LogP contribution in [0.25, 0.3) is 0 Å². The van der Waals surface area contributed by atoms with Gasteiger partial charge in [-0.2, -0.15) is 0 Å². The Labute approximate surface area is 112 Å². The van der Waals surface area contributed by atoms with Crippen LogP contribution in [-0.4, -0.2) is 28.7 Å². The van der Waals surface area contributed by atoms with Crippen LogP contribution in [-0.2, 0) is 6.54 Å². The summed E-state index contributed by atoms with van der Waals surface area (Å²) in [5.41, 5.74) is 0.249. The highest BCUT2D eigenvalue weighted by Crippen LogP contribution is 2.25. The maximum Gasteiger partial charge on any atom is 0.142 e. The first kappa shape index (κ1) is 13.8. The number of nitrogens with zero attached hydrogens (tertiary/aromatic N) is 1. The van der Waals surface area contributed by atoms with Crippen molar-refractivity contribution in [2.45, 2.75) is 38.3 Å². The summed E-state index contributed by atoms with van der Waals surface area (Å²) in [7, 11) is 0. The predicted octanol–water partition coefficient (Wildman–Crippen LogP) is 3.22. The lowest BCUT2D eigenvalue weighted by Crippen LogP contribution is -2.28. The van der Waals surface area contributed by atoms with Gasteiger partial charge in [0.2, 0.25) is 0 Å². The third-order valence-corrected chi connectivity index (χ3v) is 4.01. The van der Waals surface area contributed by atoms with Crippen LogP contribution in [0, 0.1) is 5.82 Å². The summed E-state index contributed by atoms with van der Waals surface area (Å²) in [4.78, 5) is 2.22. The Hall–Kier alpha value is -0.640. The molecule has 2 nitrogen and oxygen atoms in total. The zero-order valence-electron chi connectivity index (χ0n) is 10.6. The van der Waals surface area contributed by atoms with E-state index in [1.54, 1.807) is 6.07 Å². The van der Waals surface area contributed by atoms with Crippen LogP contribution < -0.4 is 0 Å². The van der Waals surface area contributed by atoms with E-state index < -0.39 is 5.60 Å². The minimum atomic E-state index is -0.569. The minimum absolute atomic E-state index is 0.216. The van der Waals surface area contributed by atoms with Crippen LogP contribution >= 0.6 is 11.6 Å². The van der Waals surface area contributed by atoms with Crippen LogP contribution in [0.1, 0.15) is 31.7 Å². The molecule has 1 fully saturated rings. The number of aliphatic hydroxyl groups is 1. The van der Waals surface area contributed by atoms with Crippen LogP contribution in [0.2, 0.25) is 5.02 Å². The van der Waals surface area contributed by atoms with Gasteiger partial charge in [-0.25, -0.2) is 4.39 Å². The number of halogens is 2. The largest absolute Gasteiger partial charge is 0.390 e. The van der Waals surface area contributed by atoms with Crippen molar-refractivity contribution in [2.75, 3.05) is 13.1 Å². The first-order valence-corrected chi connectivity index (χ1v) is 6.73. The van der Waals surface area contributed by atoms with Gasteiger partial charge < -0.3 is 5.11 Å². The third kappa shape index (κ3) is 3.44. The van der Waals surface area contributed by atoms with Crippen molar-refractivity contribution in [1.29, 1.82) is 0 Å². The zero-order chi connectivity index (χ0) is 13.2. The van der Waals surface area contributed by atoms with Crippen molar-refractivity contribution in [2.24, 2.45) is 0 Å². The molecule has 4 heteroatoms. The summed E-state index contributed by atoms with van der Waals surface area (Å²) in [5.74, 6) is -0.365. The summed E-state index contributed by atoms with van der Waals surface area (Å²) < 4.78 is 13.3. The molecule has 1 aliphatic heterocycles. The molecule has 1 saturated heterocycles. The molecule has 100 valence electrons. The van der Waals surface area contributed by atoms with Gasteiger partial charge in [-0.05, 0) is 44.4 Å². The molecule has 1 aromatic rings. The monoisotopic (exact) mass is 271 g/mol. The van der Waals surface area contributed by atoms with Crippen LogP contribution in [0.15, 0.2) is 18.2 Å². The van der Waals surface area contributed by atoms with Gasteiger partial charge >= 0.3 is 0 Å². The van der Waals surface area contributed by atoms with Gasteiger partial charge in [0.05, 0.1) is 10.6 Å². The molecule has 18 heavy (non-hydrogen) atoms. The second-order valence-electron chi connectivity index (χ2n) is 5.34. The summed E-state index contributed by atoms with van der Waals surface area (Å²) in [6, 6.07) is 4.91. The number of likely N-dealkylation sites (tertiary alicyclic amines) is 1. The summed E-state index contributed by atoms with van der Waals surface area (Å²) in [6.45, 7) is 4.27. The van der Waals surface area contributed by atoms with Crippen molar-refractivity contribution >= 4 is 11.6 Å². The predicted molar refractivity (Wildman–Crippen MR) is 71.2 cm³/mol. The molecule has 1 aromatic carbocycles. The average Bonchev–Trinajstić information content (AvgIpc) is 2.47. The Morgan fingerprint density at radius 1 is 1.39 bits per heavy atom. The number of hydrogen-bond donors (Lipinski definition) is 1. The second-order valence-corrected chi connectivity index (χ2v) is 5.72. The maximum atomic E-state index is 13.3. The smallest absolute Gasteiger partial charge is 0.142 e. The van der Waals surface area contributed by atoms with Crippen LogP contribution in [0.5, 0.6) is 0 Å². The molecular formula is C14H19ClFNO. The lowest BCUT2D eigenvalue weighted by molar-refractivity contribution is 0.0444. The van der Waals surface area contributed by atoms with Crippen molar-refractivity contribution in [1.82, 2.24) is 4.90 Å². The van der Waals surface area contributed by atoms with Gasteiger partial charge in [-0.15, -0.1) is 0 Å². The van der Waals surface area contributed by atoms with E-state index in [-0.39, 0.29) is 10.8 Å². The number of hydrogen-bond acceptors (Lipinski definition) is 2. The highest BCUT2D eigenvalue weighted by molar-refractivity contribution is 6.31. The molecule has 2 rings (SSSR count). The third-order valence-electron chi connectivity index (χ3n) is 3.58. The summed E-state index contributed by atoms with van der Waals surface area (Å²) in [5, 5.41) is 10.2. The molecule has 0 spiro atoms. The molecule has 1 N–H and O–H groups in total. The van der Waals surface area contributed by atoms with Gasteiger partial charge in [0.25, 0.3) is 0 Å². The van der Waals surface area contributed by atoms with E-state index in [1.807, 2.05) is 13.0 Å². The van der Waals surface area contributed by atoms with E-state index in [2.05, 4.69) is 4.90 Å². The topological polar surface area (TPSA) is 23.5 Å². The van der Waals surface area contributed by atoms with Gasteiger partial charge in [0.15, 0.2) is 0 Å². The normalized spacial score (nSPS) is 26.0. The number of benzene rings is 1. The lowest BCUT2D eigenvalue weighted by atomic mass is 9.98. The summed E-state index contributed by atoms with van der Waals surface area (Å²) in [6.07, 6.45) is 2.53. The Bertz CT molecular complexity index is 422. The molecule has 0 amide bonds. The van der Waals surface area contributed by atoms with E-state index in [0.717, 1.165) is 37.9 Å². The highest BCUT2D eigenvalue weighted by atomic mass is 35.5. The van der Waals surface area contributed by atoms with Crippen LogP contribution in [0.4, 0.5) is 4.39 Å².